The maximum absolute atomic E-state index is 6.11. The molecule has 0 aliphatic rings. The molecule has 0 aliphatic heterocycles. The zero-order valence-corrected chi connectivity index (χ0v) is 12.6. The smallest absolute Gasteiger partial charge is 0.125 e. The van der Waals surface area contributed by atoms with Gasteiger partial charge >= 0.3 is 0 Å². The number of rotatable bonds is 4. The van der Waals surface area contributed by atoms with E-state index in [4.69, 9.17) is 27.9 Å². The summed E-state index contributed by atoms with van der Waals surface area (Å²) in [6.07, 6.45) is 0. The Morgan fingerprint density at radius 1 is 1.06 bits per heavy atom. The van der Waals surface area contributed by atoms with E-state index in [0.29, 0.717) is 22.0 Å². The number of ether oxygens (including phenoxy) is 1. The van der Waals surface area contributed by atoms with Crippen LogP contribution in [0.1, 0.15) is 11.1 Å². The van der Waals surface area contributed by atoms with Crippen molar-refractivity contribution in [3.8, 4) is 5.75 Å². The molecule has 0 atom stereocenters. The average Bonchev–Trinajstić information content (AvgIpc) is 2.36. The van der Waals surface area contributed by atoms with Crippen LogP contribution >= 0.6 is 39.1 Å². The molecular formula is C14H11BrCl2O. The Bertz CT molecular complexity index is 543. The maximum atomic E-state index is 6.11. The molecule has 0 heterocycles. The van der Waals surface area contributed by atoms with E-state index in [0.717, 1.165) is 16.9 Å². The van der Waals surface area contributed by atoms with E-state index in [1.807, 2.05) is 42.5 Å². The Labute approximate surface area is 125 Å². The van der Waals surface area contributed by atoms with Gasteiger partial charge in [0.15, 0.2) is 0 Å². The second-order valence-electron chi connectivity index (χ2n) is 3.77. The molecule has 4 heteroatoms. The maximum Gasteiger partial charge on any atom is 0.125 e. The van der Waals surface area contributed by atoms with E-state index in [9.17, 15) is 0 Å². The van der Waals surface area contributed by atoms with E-state index in [2.05, 4.69) is 15.9 Å². The molecule has 1 nitrogen and oxygen atoms in total. The topological polar surface area (TPSA) is 9.23 Å². The van der Waals surface area contributed by atoms with Gasteiger partial charge in [-0.25, -0.2) is 0 Å². The first-order chi connectivity index (χ1) is 8.70. The predicted molar refractivity (Wildman–Crippen MR) is 79.9 cm³/mol. The molecule has 0 unspecified atom stereocenters. The first-order valence-corrected chi connectivity index (χ1v) is 7.29. The molecule has 0 amide bonds. The highest BCUT2D eigenvalue weighted by Crippen LogP contribution is 2.29. The minimum Gasteiger partial charge on any atom is -0.489 e. The summed E-state index contributed by atoms with van der Waals surface area (Å²) in [4.78, 5) is 0. The first-order valence-electron chi connectivity index (χ1n) is 5.41. The molecule has 0 bridgehead atoms. The van der Waals surface area contributed by atoms with Gasteiger partial charge in [0.25, 0.3) is 0 Å². The number of hydrogen-bond donors (Lipinski definition) is 0. The van der Waals surface area contributed by atoms with Gasteiger partial charge in [-0.3, -0.25) is 0 Å². The van der Waals surface area contributed by atoms with E-state index in [-0.39, 0.29) is 0 Å². The molecule has 94 valence electrons. The molecule has 18 heavy (non-hydrogen) atoms. The SMILES string of the molecule is Clc1cccc(COc2cccc(Cl)c2CBr)c1. The Kier molecular flexibility index (Phi) is 4.93. The lowest BCUT2D eigenvalue weighted by atomic mass is 10.2. The highest BCUT2D eigenvalue weighted by Gasteiger charge is 2.07. The summed E-state index contributed by atoms with van der Waals surface area (Å²) >= 11 is 15.4. The van der Waals surface area contributed by atoms with Gasteiger partial charge in [0, 0.05) is 20.9 Å². The van der Waals surface area contributed by atoms with Crippen molar-refractivity contribution in [1.29, 1.82) is 0 Å². The fraction of sp³-hybridized carbons (Fsp3) is 0.143. The van der Waals surface area contributed by atoms with Crippen molar-refractivity contribution in [2.45, 2.75) is 11.9 Å². The van der Waals surface area contributed by atoms with Crippen molar-refractivity contribution in [2.24, 2.45) is 0 Å². The van der Waals surface area contributed by atoms with Gasteiger partial charge < -0.3 is 4.74 Å². The van der Waals surface area contributed by atoms with Crippen molar-refractivity contribution >= 4 is 39.1 Å². The first kappa shape index (κ1) is 13.7. The molecule has 0 spiro atoms. The van der Waals surface area contributed by atoms with Gasteiger partial charge in [-0.05, 0) is 29.8 Å². The monoisotopic (exact) mass is 344 g/mol. The lowest BCUT2D eigenvalue weighted by molar-refractivity contribution is 0.304. The summed E-state index contributed by atoms with van der Waals surface area (Å²) in [7, 11) is 0. The van der Waals surface area contributed by atoms with Crippen molar-refractivity contribution in [1.82, 2.24) is 0 Å². The number of halogens is 3. The molecule has 2 aromatic carbocycles. The van der Waals surface area contributed by atoms with Crippen LogP contribution in [-0.2, 0) is 11.9 Å². The van der Waals surface area contributed by atoms with Crippen molar-refractivity contribution in [2.75, 3.05) is 0 Å². The third-order valence-corrected chi connectivity index (χ3v) is 3.64. The average molecular weight is 346 g/mol. The lowest BCUT2D eigenvalue weighted by Gasteiger charge is -2.11. The zero-order valence-electron chi connectivity index (χ0n) is 9.50. The molecule has 0 fully saturated rings. The van der Waals surface area contributed by atoms with Crippen LogP contribution in [-0.4, -0.2) is 0 Å². The number of benzene rings is 2. The van der Waals surface area contributed by atoms with Crippen LogP contribution in [0.2, 0.25) is 10.0 Å². The quantitative estimate of drug-likeness (QED) is 0.668. The summed E-state index contributed by atoms with van der Waals surface area (Å²) in [5, 5.41) is 2.08. The van der Waals surface area contributed by atoms with Gasteiger partial charge in [-0.1, -0.05) is 57.3 Å². The van der Waals surface area contributed by atoms with Crippen LogP contribution in [0.25, 0.3) is 0 Å². The number of alkyl halides is 1. The van der Waals surface area contributed by atoms with Crippen LogP contribution in [0.4, 0.5) is 0 Å². The molecule has 0 aromatic heterocycles. The van der Waals surface area contributed by atoms with Crippen LogP contribution in [0, 0.1) is 0 Å². The fourth-order valence-corrected chi connectivity index (χ4v) is 2.78. The normalized spacial score (nSPS) is 10.4. The lowest BCUT2D eigenvalue weighted by Crippen LogP contribution is -1.98. The van der Waals surface area contributed by atoms with Gasteiger partial charge in [0.2, 0.25) is 0 Å². The van der Waals surface area contributed by atoms with Gasteiger partial charge in [-0.2, -0.15) is 0 Å². The van der Waals surface area contributed by atoms with Crippen molar-refractivity contribution in [3.05, 3.63) is 63.6 Å². The molecule has 0 saturated carbocycles. The van der Waals surface area contributed by atoms with Crippen LogP contribution in [0.5, 0.6) is 5.75 Å². The zero-order chi connectivity index (χ0) is 13.0. The van der Waals surface area contributed by atoms with Gasteiger partial charge in [0.05, 0.1) is 0 Å². The van der Waals surface area contributed by atoms with Gasteiger partial charge in [-0.15, -0.1) is 0 Å². The fourth-order valence-electron chi connectivity index (χ4n) is 1.59. The summed E-state index contributed by atoms with van der Waals surface area (Å²) in [6, 6.07) is 13.3. The Hall–Kier alpha value is -0.700. The Morgan fingerprint density at radius 2 is 1.83 bits per heavy atom. The minimum absolute atomic E-state index is 0.473. The minimum atomic E-state index is 0.473. The largest absolute Gasteiger partial charge is 0.489 e. The summed E-state index contributed by atoms with van der Waals surface area (Å²) in [5.74, 6) is 0.791. The highest BCUT2D eigenvalue weighted by atomic mass is 79.9. The molecule has 2 rings (SSSR count). The standard InChI is InChI=1S/C14H11BrCl2O/c15-8-12-13(17)5-2-6-14(12)18-9-10-3-1-4-11(16)7-10/h1-7H,8-9H2. The highest BCUT2D eigenvalue weighted by molar-refractivity contribution is 9.08. The van der Waals surface area contributed by atoms with Crippen molar-refractivity contribution in [3.63, 3.8) is 0 Å². The second kappa shape index (κ2) is 6.46. The summed E-state index contributed by atoms with van der Waals surface area (Å²) < 4.78 is 5.78. The molecule has 0 saturated heterocycles. The third kappa shape index (κ3) is 3.41. The molecular weight excluding hydrogens is 335 g/mol. The predicted octanol–water partition coefficient (Wildman–Crippen LogP) is 5.47. The third-order valence-electron chi connectivity index (χ3n) is 2.49. The Morgan fingerprint density at radius 3 is 2.56 bits per heavy atom. The van der Waals surface area contributed by atoms with E-state index < -0.39 is 0 Å². The van der Waals surface area contributed by atoms with E-state index in [1.165, 1.54) is 0 Å². The van der Waals surface area contributed by atoms with Gasteiger partial charge in [0.1, 0.15) is 12.4 Å². The summed E-state index contributed by atoms with van der Waals surface area (Å²) in [5.41, 5.74) is 1.99. The second-order valence-corrected chi connectivity index (χ2v) is 5.17. The molecule has 0 N–H and O–H groups in total. The molecule has 0 radical (unpaired) electrons. The van der Waals surface area contributed by atoms with E-state index >= 15 is 0 Å². The van der Waals surface area contributed by atoms with Crippen LogP contribution in [0.15, 0.2) is 42.5 Å². The van der Waals surface area contributed by atoms with Crippen LogP contribution in [0.3, 0.4) is 0 Å². The number of hydrogen-bond acceptors (Lipinski definition) is 1. The van der Waals surface area contributed by atoms with Crippen LogP contribution < -0.4 is 4.74 Å². The molecule has 0 aliphatic carbocycles. The summed E-state index contributed by atoms with van der Waals surface area (Å²) in [6.45, 7) is 0.473. The Balaban J connectivity index is 2.13. The van der Waals surface area contributed by atoms with E-state index in [1.54, 1.807) is 0 Å². The van der Waals surface area contributed by atoms with Crippen molar-refractivity contribution < 1.29 is 4.74 Å². The molecule has 2 aromatic rings.